The van der Waals surface area contributed by atoms with E-state index in [1.54, 1.807) is 11.8 Å². The van der Waals surface area contributed by atoms with Gasteiger partial charge in [-0.2, -0.15) is 5.26 Å². The fourth-order valence-electron chi connectivity index (χ4n) is 1.38. The quantitative estimate of drug-likeness (QED) is 0.548. The summed E-state index contributed by atoms with van der Waals surface area (Å²) in [4.78, 5) is 0. The zero-order valence-corrected chi connectivity index (χ0v) is 12.7. The molecule has 19 heavy (non-hydrogen) atoms. The van der Waals surface area contributed by atoms with Crippen molar-refractivity contribution >= 4 is 11.8 Å². The van der Waals surface area contributed by atoms with Crippen molar-refractivity contribution in [2.45, 2.75) is 45.3 Å². The van der Waals surface area contributed by atoms with Gasteiger partial charge >= 0.3 is 0 Å². The Morgan fingerprint density at radius 1 is 1.42 bits per heavy atom. The highest BCUT2D eigenvalue weighted by molar-refractivity contribution is 7.99. The molecule has 0 aliphatic rings. The molecule has 6 nitrogen and oxygen atoms in total. The lowest BCUT2D eigenvalue weighted by Crippen LogP contribution is -2.21. The number of nitrogens with zero attached hydrogens (tertiary/aromatic N) is 5. The van der Waals surface area contributed by atoms with Gasteiger partial charge in [0.15, 0.2) is 0 Å². The van der Waals surface area contributed by atoms with Crippen LogP contribution in [0.4, 0.5) is 0 Å². The van der Waals surface area contributed by atoms with Crippen LogP contribution in [0.1, 0.15) is 33.6 Å². The monoisotopic (exact) mass is 282 g/mol. The van der Waals surface area contributed by atoms with Gasteiger partial charge in [0.25, 0.3) is 0 Å². The van der Waals surface area contributed by atoms with Crippen LogP contribution in [0.15, 0.2) is 5.16 Å². The van der Waals surface area contributed by atoms with Crippen molar-refractivity contribution in [2.24, 2.45) is 5.41 Å². The average Bonchev–Trinajstić information content (AvgIpc) is 2.82. The number of nitrogens with one attached hydrogen (secondary N) is 1. The first-order valence-electron chi connectivity index (χ1n) is 6.60. The Morgan fingerprint density at radius 2 is 2.21 bits per heavy atom. The number of hydrogen-bond acceptors (Lipinski definition) is 6. The molecule has 0 fully saturated rings. The Balaban J connectivity index is 2.34. The van der Waals surface area contributed by atoms with Crippen molar-refractivity contribution in [3.8, 4) is 6.07 Å². The molecular weight excluding hydrogens is 260 g/mol. The minimum absolute atomic E-state index is 0.284. The second kappa shape index (κ2) is 8.12. The van der Waals surface area contributed by atoms with Gasteiger partial charge in [0.05, 0.1) is 18.0 Å². The molecule has 0 spiro atoms. The number of nitriles is 1. The highest BCUT2D eigenvalue weighted by atomic mass is 32.2. The minimum Gasteiger partial charge on any atom is -0.315 e. The third-order valence-corrected chi connectivity index (χ3v) is 3.65. The van der Waals surface area contributed by atoms with Crippen LogP contribution in [0, 0.1) is 16.7 Å². The van der Waals surface area contributed by atoms with Crippen molar-refractivity contribution in [3.63, 3.8) is 0 Å². The van der Waals surface area contributed by atoms with Crippen LogP contribution >= 0.6 is 11.8 Å². The van der Waals surface area contributed by atoms with Crippen LogP contribution in [-0.4, -0.2) is 39.0 Å². The van der Waals surface area contributed by atoms with E-state index in [9.17, 15) is 0 Å². The second-order valence-corrected chi connectivity index (χ2v) is 6.09. The van der Waals surface area contributed by atoms with E-state index in [-0.39, 0.29) is 5.41 Å². The number of tetrazole rings is 1. The van der Waals surface area contributed by atoms with Crippen LogP contribution in [0.5, 0.6) is 0 Å². The Morgan fingerprint density at radius 3 is 2.89 bits per heavy atom. The predicted octanol–water partition coefficient (Wildman–Crippen LogP) is 1.70. The number of aromatic nitrogens is 4. The minimum atomic E-state index is -0.284. The molecule has 0 saturated heterocycles. The lowest BCUT2D eigenvalue weighted by atomic mass is 9.93. The van der Waals surface area contributed by atoms with Crippen LogP contribution in [0.3, 0.4) is 0 Å². The van der Waals surface area contributed by atoms with Crippen LogP contribution in [0.25, 0.3) is 0 Å². The average molecular weight is 282 g/mol. The fraction of sp³-hybridized carbons (Fsp3) is 0.833. The van der Waals surface area contributed by atoms with E-state index in [1.165, 1.54) is 0 Å². The molecule has 0 atom stereocenters. The van der Waals surface area contributed by atoms with E-state index < -0.39 is 0 Å². The summed E-state index contributed by atoms with van der Waals surface area (Å²) in [5, 5.41) is 24.8. The Bertz CT molecular complexity index is 409. The van der Waals surface area contributed by atoms with Crippen molar-refractivity contribution in [3.05, 3.63) is 0 Å². The molecular formula is C12H22N6S. The first-order chi connectivity index (χ1) is 9.09. The zero-order valence-electron chi connectivity index (χ0n) is 11.9. The summed E-state index contributed by atoms with van der Waals surface area (Å²) >= 11 is 1.61. The summed E-state index contributed by atoms with van der Waals surface area (Å²) in [6.07, 6.45) is 1.95. The summed E-state index contributed by atoms with van der Waals surface area (Å²) in [5.74, 6) is 0.851. The molecule has 1 N–H and O–H groups in total. The SMILES string of the molecule is CCCNCCn1nnnc1SCCC(C)(C)C#N. The first-order valence-corrected chi connectivity index (χ1v) is 7.58. The van der Waals surface area contributed by atoms with Gasteiger partial charge < -0.3 is 5.32 Å². The maximum atomic E-state index is 8.96. The standard InChI is InChI=1S/C12H22N6S/c1-4-6-14-7-8-18-11(15-16-17-18)19-9-5-12(2,3)10-13/h14H,4-9H2,1-3H3. The van der Waals surface area contributed by atoms with Gasteiger partial charge in [-0.1, -0.05) is 18.7 Å². The zero-order chi connectivity index (χ0) is 14.1. The largest absolute Gasteiger partial charge is 0.315 e. The molecule has 0 bridgehead atoms. The van der Waals surface area contributed by atoms with Crippen LogP contribution in [0.2, 0.25) is 0 Å². The van der Waals surface area contributed by atoms with E-state index in [2.05, 4.69) is 33.8 Å². The van der Waals surface area contributed by atoms with Crippen LogP contribution < -0.4 is 5.32 Å². The molecule has 0 amide bonds. The first kappa shape index (κ1) is 15.9. The van der Waals surface area contributed by atoms with E-state index in [0.29, 0.717) is 0 Å². The molecule has 0 aliphatic heterocycles. The van der Waals surface area contributed by atoms with Crippen molar-refractivity contribution < 1.29 is 0 Å². The van der Waals surface area contributed by atoms with Gasteiger partial charge in [-0.3, -0.25) is 0 Å². The second-order valence-electron chi connectivity index (χ2n) is 5.03. The molecule has 1 rings (SSSR count). The lowest BCUT2D eigenvalue weighted by molar-refractivity contribution is 0.480. The highest BCUT2D eigenvalue weighted by Crippen LogP contribution is 2.24. The van der Waals surface area contributed by atoms with E-state index in [0.717, 1.165) is 43.4 Å². The Kier molecular flexibility index (Phi) is 6.81. The lowest BCUT2D eigenvalue weighted by Gasteiger charge is -2.13. The summed E-state index contributed by atoms with van der Waals surface area (Å²) in [7, 11) is 0. The van der Waals surface area contributed by atoms with Crippen molar-refractivity contribution in [1.29, 1.82) is 5.26 Å². The van der Waals surface area contributed by atoms with Gasteiger partial charge in [-0.15, -0.1) is 5.10 Å². The Labute approximate surface area is 118 Å². The molecule has 0 aromatic carbocycles. The molecule has 106 valence electrons. The highest BCUT2D eigenvalue weighted by Gasteiger charge is 2.17. The third-order valence-electron chi connectivity index (χ3n) is 2.69. The van der Waals surface area contributed by atoms with Crippen molar-refractivity contribution in [2.75, 3.05) is 18.8 Å². The molecule has 1 aromatic rings. The van der Waals surface area contributed by atoms with Gasteiger partial charge in [0, 0.05) is 12.3 Å². The molecule has 0 aliphatic carbocycles. The number of thioether (sulfide) groups is 1. The van der Waals surface area contributed by atoms with Gasteiger partial charge in [-0.25, -0.2) is 4.68 Å². The van der Waals surface area contributed by atoms with E-state index in [1.807, 2.05) is 18.5 Å². The molecule has 7 heteroatoms. The summed E-state index contributed by atoms with van der Waals surface area (Å²) in [6, 6.07) is 2.30. The maximum Gasteiger partial charge on any atom is 0.209 e. The third kappa shape index (κ3) is 6.03. The molecule has 0 unspecified atom stereocenters. The van der Waals surface area contributed by atoms with Gasteiger partial charge in [-0.05, 0) is 43.7 Å². The smallest absolute Gasteiger partial charge is 0.209 e. The summed E-state index contributed by atoms with van der Waals surface area (Å²) < 4.78 is 1.81. The summed E-state index contributed by atoms with van der Waals surface area (Å²) in [5.41, 5.74) is -0.284. The van der Waals surface area contributed by atoms with E-state index in [4.69, 9.17) is 5.26 Å². The van der Waals surface area contributed by atoms with E-state index >= 15 is 0 Å². The van der Waals surface area contributed by atoms with Gasteiger partial charge in [0.1, 0.15) is 0 Å². The Hall–Kier alpha value is -1.13. The van der Waals surface area contributed by atoms with Gasteiger partial charge in [0.2, 0.25) is 5.16 Å². The van der Waals surface area contributed by atoms with Crippen molar-refractivity contribution in [1.82, 2.24) is 25.5 Å². The predicted molar refractivity (Wildman–Crippen MR) is 75.7 cm³/mol. The molecule has 0 radical (unpaired) electrons. The molecule has 1 aromatic heterocycles. The topological polar surface area (TPSA) is 79.4 Å². The molecule has 0 saturated carbocycles. The number of hydrogen-bond donors (Lipinski definition) is 1. The van der Waals surface area contributed by atoms with Crippen LogP contribution in [-0.2, 0) is 6.54 Å². The maximum absolute atomic E-state index is 8.96. The fourth-order valence-corrected chi connectivity index (χ4v) is 2.55. The number of rotatable bonds is 9. The summed E-state index contributed by atoms with van der Waals surface area (Å²) in [6.45, 7) is 8.70. The normalized spacial score (nSPS) is 11.5. The molecule has 1 heterocycles.